The summed E-state index contributed by atoms with van der Waals surface area (Å²) in [5.41, 5.74) is 3.43. The number of H-pyrrole nitrogens is 1. The monoisotopic (exact) mass is 437 g/mol. The van der Waals surface area contributed by atoms with E-state index in [1.54, 1.807) is 7.11 Å². The minimum atomic E-state index is -0.0964. The molecular formula is C24H27N3O3S. The molecule has 1 unspecified atom stereocenters. The quantitative estimate of drug-likeness (QED) is 0.563. The van der Waals surface area contributed by atoms with Crippen molar-refractivity contribution >= 4 is 33.9 Å². The molecule has 0 saturated carbocycles. The Morgan fingerprint density at radius 3 is 2.77 bits per heavy atom. The number of ether oxygens (including phenoxy) is 2. The highest BCUT2D eigenvalue weighted by atomic mass is 32.1. The third-order valence-corrected chi connectivity index (χ3v) is 5.87. The largest absolute Gasteiger partial charge is 0.497 e. The van der Waals surface area contributed by atoms with Crippen molar-refractivity contribution in [2.24, 2.45) is 0 Å². The second-order valence-electron chi connectivity index (χ2n) is 7.89. The molecule has 0 aliphatic carbocycles. The van der Waals surface area contributed by atoms with Crippen LogP contribution in [0, 0.1) is 6.92 Å². The number of thiocarbonyl (C=S) groups is 1. The van der Waals surface area contributed by atoms with Crippen LogP contribution in [0.1, 0.15) is 24.0 Å². The van der Waals surface area contributed by atoms with Crippen LogP contribution < -0.4 is 15.6 Å². The zero-order valence-corrected chi connectivity index (χ0v) is 18.6. The van der Waals surface area contributed by atoms with Gasteiger partial charge in [0.05, 0.1) is 19.8 Å². The molecular weight excluding hydrogens is 410 g/mol. The van der Waals surface area contributed by atoms with Crippen molar-refractivity contribution in [3.8, 4) is 5.75 Å². The number of pyridine rings is 1. The molecule has 31 heavy (non-hydrogen) atoms. The van der Waals surface area contributed by atoms with Gasteiger partial charge < -0.3 is 24.7 Å². The van der Waals surface area contributed by atoms with E-state index in [9.17, 15) is 4.79 Å². The summed E-state index contributed by atoms with van der Waals surface area (Å²) in [5, 5.41) is 4.86. The van der Waals surface area contributed by atoms with Gasteiger partial charge >= 0.3 is 0 Å². The van der Waals surface area contributed by atoms with Crippen LogP contribution >= 0.6 is 12.2 Å². The summed E-state index contributed by atoms with van der Waals surface area (Å²) >= 11 is 5.73. The minimum absolute atomic E-state index is 0.0964. The fourth-order valence-corrected chi connectivity index (χ4v) is 4.08. The number of fused-ring (bicyclic) bond motifs is 1. The summed E-state index contributed by atoms with van der Waals surface area (Å²) < 4.78 is 11.1. The van der Waals surface area contributed by atoms with Crippen molar-refractivity contribution in [3.05, 3.63) is 70.0 Å². The van der Waals surface area contributed by atoms with Gasteiger partial charge in [0.1, 0.15) is 5.75 Å². The molecule has 1 aliphatic rings. The van der Waals surface area contributed by atoms with Crippen molar-refractivity contribution in [3.63, 3.8) is 0 Å². The van der Waals surface area contributed by atoms with Crippen molar-refractivity contribution in [2.75, 3.05) is 25.6 Å². The molecule has 1 aromatic heterocycles. The Bertz CT molecular complexity index is 1120. The molecule has 2 aromatic carbocycles. The summed E-state index contributed by atoms with van der Waals surface area (Å²) in [4.78, 5) is 17.8. The summed E-state index contributed by atoms with van der Waals surface area (Å²) in [7, 11) is 1.64. The van der Waals surface area contributed by atoms with E-state index in [1.165, 1.54) is 0 Å². The number of rotatable bonds is 6. The molecule has 0 spiro atoms. The van der Waals surface area contributed by atoms with Crippen LogP contribution in [0.25, 0.3) is 10.9 Å². The highest BCUT2D eigenvalue weighted by molar-refractivity contribution is 7.80. The Morgan fingerprint density at radius 1 is 1.26 bits per heavy atom. The average molecular weight is 438 g/mol. The van der Waals surface area contributed by atoms with Gasteiger partial charge in [-0.3, -0.25) is 4.79 Å². The van der Waals surface area contributed by atoms with Crippen LogP contribution in [-0.4, -0.2) is 41.4 Å². The molecule has 6 nitrogen and oxygen atoms in total. The smallest absolute Gasteiger partial charge is 0.253 e. The Kier molecular flexibility index (Phi) is 6.53. The normalized spacial score (nSPS) is 15.7. The lowest BCUT2D eigenvalue weighted by Gasteiger charge is -2.28. The molecule has 1 atom stereocenters. The first kappa shape index (κ1) is 21.3. The van der Waals surface area contributed by atoms with Gasteiger partial charge in [-0.05, 0) is 79.8 Å². The van der Waals surface area contributed by atoms with Crippen molar-refractivity contribution < 1.29 is 9.47 Å². The number of hydrogen-bond donors (Lipinski definition) is 2. The number of aromatic nitrogens is 1. The van der Waals surface area contributed by atoms with Crippen LogP contribution in [-0.2, 0) is 11.3 Å². The molecule has 2 heterocycles. The van der Waals surface area contributed by atoms with Gasteiger partial charge in [-0.1, -0.05) is 11.6 Å². The molecule has 1 aliphatic heterocycles. The number of anilines is 1. The maximum Gasteiger partial charge on any atom is 0.253 e. The SMILES string of the molecule is COc1ccc(NC(=S)N(Cc2cc3cc(C)ccc3[nH]c2=O)CC2CCCO2)cc1. The van der Waals surface area contributed by atoms with Gasteiger partial charge in [-0.15, -0.1) is 0 Å². The van der Waals surface area contributed by atoms with E-state index in [0.717, 1.165) is 47.4 Å². The zero-order chi connectivity index (χ0) is 21.8. The number of methoxy groups -OCH3 is 1. The van der Waals surface area contributed by atoms with Crippen molar-refractivity contribution in [1.29, 1.82) is 0 Å². The van der Waals surface area contributed by atoms with Crippen LogP contribution in [0.4, 0.5) is 5.69 Å². The van der Waals surface area contributed by atoms with Gasteiger partial charge in [0, 0.05) is 29.9 Å². The van der Waals surface area contributed by atoms with Crippen LogP contribution in [0.5, 0.6) is 5.75 Å². The molecule has 162 valence electrons. The second-order valence-corrected chi connectivity index (χ2v) is 8.28. The van der Waals surface area contributed by atoms with Crippen LogP contribution in [0.15, 0.2) is 53.3 Å². The maximum atomic E-state index is 12.8. The summed E-state index contributed by atoms with van der Waals surface area (Å²) in [5.74, 6) is 0.783. The average Bonchev–Trinajstić information content (AvgIpc) is 3.27. The third-order valence-electron chi connectivity index (χ3n) is 5.51. The Hall–Kier alpha value is -2.90. The summed E-state index contributed by atoms with van der Waals surface area (Å²) in [6.07, 6.45) is 2.15. The van der Waals surface area contributed by atoms with E-state index in [4.69, 9.17) is 21.7 Å². The number of nitrogens with one attached hydrogen (secondary N) is 2. The molecule has 7 heteroatoms. The van der Waals surface area contributed by atoms with Gasteiger partial charge in [-0.25, -0.2) is 0 Å². The summed E-state index contributed by atoms with van der Waals surface area (Å²) in [6, 6.07) is 15.6. The van der Waals surface area contributed by atoms with Gasteiger partial charge in [0.15, 0.2) is 5.11 Å². The van der Waals surface area contributed by atoms with E-state index in [-0.39, 0.29) is 11.7 Å². The first-order valence-corrected chi connectivity index (χ1v) is 10.9. The number of aromatic amines is 1. The Morgan fingerprint density at radius 2 is 2.06 bits per heavy atom. The van der Waals surface area contributed by atoms with E-state index in [2.05, 4.69) is 16.4 Å². The van der Waals surface area contributed by atoms with E-state index < -0.39 is 0 Å². The molecule has 4 rings (SSSR count). The molecule has 2 N–H and O–H groups in total. The first-order chi connectivity index (χ1) is 15.0. The van der Waals surface area contributed by atoms with Crippen LogP contribution in [0.2, 0.25) is 0 Å². The molecule has 0 amide bonds. The number of nitrogens with zero attached hydrogens (tertiary/aromatic N) is 1. The van der Waals surface area contributed by atoms with Crippen LogP contribution in [0.3, 0.4) is 0 Å². The molecule has 1 fully saturated rings. The van der Waals surface area contributed by atoms with E-state index in [1.807, 2.05) is 54.3 Å². The van der Waals surface area contributed by atoms with E-state index in [0.29, 0.717) is 23.8 Å². The second kappa shape index (κ2) is 9.49. The lowest BCUT2D eigenvalue weighted by atomic mass is 10.1. The van der Waals surface area contributed by atoms with Crippen molar-refractivity contribution in [2.45, 2.75) is 32.4 Å². The van der Waals surface area contributed by atoms with E-state index >= 15 is 0 Å². The third kappa shape index (κ3) is 5.24. The zero-order valence-electron chi connectivity index (χ0n) is 17.8. The highest BCUT2D eigenvalue weighted by Crippen LogP contribution is 2.19. The predicted octanol–water partition coefficient (Wildman–Crippen LogP) is 4.22. The first-order valence-electron chi connectivity index (χ1n) is 10.5. The lowest BCUT2D eigenvalue weighted by molar-refractivity contribution is 0.0904. The molecule has 3 aromatic rings. The maximum absolute atomic E-state index is 12.8. The van der Waals surface area contributed by atoms with Gasteiger partial charge in [0.25, 0.3) is 5.56 Å². The topological polar surface area (TPSA) is 66.6 Å². The Labute approximate surface area is 187 Å². The standard InChI is InChI=1S/C24H27N3O3S/c1-16-5-10-22-17(12-16)13-18(23(28)26-22)14-27(15-21-4-3-11-30-21)24(31)25-19-6-8-20(29-2)9-7-19/h5-10,12-13,21H,3-4,11,14-15H2,1-2H3,(H,25,31)(H,26,28). The number of aryl methyl sites for hydroxylation is 1. The van der Waals surface area contributed by atoms with Gasteiger partial charge in [-0.2, -0.15) is 0 Å². The summed E-state index contributed by atoms with van der Waals surface area (Å²) in [6.45, 7) is 3.85. The number of hydrogen-bond acceptors (Lipinski definition) is 4. The molecule has 0 radical (unpaired) electrons. The highest BCUT2D eigenvalue weighted by Gasteiger charge is 2.22. The minimum Gasteiger partial charge on any atom is -0.497 e. The Balaban J connectivity index is 1.58. The fourth-order valence-electron chi connectivity index (χ4n) is 3.82. The molecule has 1 saturated heterocycles. The fraction of sp³-hybridized carbons (Fsp3) is 0.333. The lowest BCUT2D eigenvalue weighted by Crippen LogP contribution is -2.40. The van der Waals surface area contributed by atoms with Gasteiger partial charge in [0.2, 0.25) is 0 Å². The molecule has 0 bridgehead atoms. The van der Waals surface area contributed by atoms with Crippen molar-refractivity contribution in [1.82, 2.24) is 9.88 Å². The number of benzene rings is 2. The predicted molar refractivity (Wildman–Crippen MR) is 128 cm³/mol.